The molecule has 0 unspecified atom stereocenters. The molecule has 0 radical (unpaired) electrons. The Balaban J connectivity index is 0.00000400. The van der Waals surface area contributed by atoms with Crippen LogP contribution in [0, 0.1) is 0 Å². The van der Waals surface area contributed by atoms with Gasteiger partial charge in [-0.05, 0) is 24.3 Å². The molecule has 0 fully saturated rings. The minimum absolute atomic E-state index is 0. The minimum atomic E-state index is -4.37. The third-order valence-corrected chi connectivity index (χ3v) is 5.30. The molecule has 0 saturated heterocycles. The summed E-state index contributed by atoms with van der Waals surface area (Å²) >= 11 is 0.753. The number of benzene rings is 1. The summed E-state index contributed by atoms with van der Waals surface area (Å²) in [6.07, 6.45) is 1.44. The molecular formula is C18H22Li2N12O6S2. The molecule has 3 aromatic rings. The molecule has 0 aliphatic heterocycles. The van der Waals surface area contributed by atoms with Crippen LogP contribution in [0.3, 0.4) is 0 Å². The Hall–Kier alpha value is -2.76. The number of aromatic nitrogens is 6. The second-order valence-electron chi connectivity index (χ2n) is 6.84. The fourth-order valence-electron chi connectivity index (χ4n) is 2.59. The van der Waals surface area contributed by atoms with Gasteiger partial charge in [0.15, 0.2) is 0 Å². The first-order chi connectivity index (χ1) is 18.3. The molecule has 0 aliphatic carbocycles. The molecular weight excluding hydrogens is 558 g/mol. The predicted octanol–water partition coefficient (Wildman–Crippen LogP) is -5.83. The van der Waals surface area contributed by atoms with Crippen molar-refractivity contribution in [3.8, 4) is 0 Å². The summed E-state index contributed by atoms with van der Waals surface area (Å²) in [5, 5.41) is 27.4. The van der Waals surface area contributed by atoms with Crippen molar-refractivity contribution in [1.82, 2.24) is 29.9 Å². The van der Waals surface area contributed by atoms with E-state index in [0.29, 0.717) is 11.4 Å². The van der Waals surface area contributed by atoms with E-state index in [2.05, 4.69) is 70.9 Å². The van der Waals surface area contributed by atoms with Gasteiger partial charge < -0.3 is 36.4 Å². The zero-order chi connectivity index (χ0) is 27.4. The molecule has 18 nitrogen and oxygen atoms in total. The summed E-state index contributed by atoms with van der Waals surface area (Å²) in [5.74, 6) is 0.767. The van der Waals surface area contributed by atoms with E-state index in [-0.39, 0.29) is 85.7 Å². The third kappa shape index (κ3) is 12.6. The standard InChI is InChI=1S/C18H24N12O6S2.2Li/c1-19-13-25-15(21-7-9-37-36-35-31)29-17(27-13)23-11-3-5-12(6-4-11)24-18-28-14(20-2)26-16(30-18)22-8-10-38(32,33)34;;/h3-7,31H,8-10H2,1-2H3,(H,32,33,34)(H2,19,23,25,27,29)(H3,20,22,24,26,28,30);;/q;2*+1/p-2/b21-7-;;. The van der Waals surface area contributed by atoms with Crippen LogP contribution in [0.15, 0.2) is 29.3 Å². The molecule has 0 spiro atoms. The van der Waals surface area contributed by atoms with Crippen molar-refractivity contribution < 1.29 is 65.3 Å². The Labute approximate surface area is 257 Å². The number of rotatable bonds is 15. The van der Waals surface area contributed by atoms with Gasteiger partial charge in [0.05, 0.1) is 21.6 Å². The van der Waals surface area contributed by atoms with Gasteiger partial charge in [0.25, 0.3) is 5.95 Å². The quantitative estimate of drug-likeness (QED) is 0.0213. The van der Waals surface area contributed by atoms with Gasteiger partial charge in [-0.15, -0.1) is 0 Å². The summed E-state index contributed by atoms with van der Waals surface area (Å²) in [7, 11) is -1.11. The summed E-state index contributed by atoms with van der Waals surface area (Å²) in [6, 6.07) is 7.00. The first-order valence-electron chi connectivity index (χ1n) is 10.6. The van der Waals surface area contributed by atoms with Gasteiger partial charge in [0, 0.05) is 50.3 Å². The molecule has 1 aromatic carbocycles. The summed E-state index contributed by atoms with van der Waals surface area (Å²) in [4.78, 5) is 29.1. The molecule has 2 aromatic heterocycles. The molecule has 5 N–H and O–H groups in total. The first kappa shape index (κ1) is 35.3. The molecule has 2 heterocycles. The van der Waals surface area contributed by atoms with E-state index in [1.54, 1.807) is 38.4 Å². The Morgan fingerprint density at radius 2 is 1.38 bits per heavy atom. The van der Waals surface area contributed by atoms with Crippen LogP contribution in [0.2, 0.25) is 0 Å². The second kappa shape index (κ2) is 17.8. The molecule has 0 bridgehead atoms. The Bertz CT molecular complexity index is 1340. The minimum Gasteiger partial charge on any atom is -0.748 e. The maximum atomic E-state index is 10.8. The topological polar surface area (TPSA) is 249 Å². The molecule has 204 valence electrons. The van der Waals surface area contributed by atoms with E-state index >= 15 is 0 Å². The zero-order valence-corrected chi connectivity index (χ0v) is 23.5. The van der Waals surface area contributed by atoms with Crippen LogP contribution in [-0.2, 0) is 19.5 Å². The number of nitrogens with zero attached hydrogens (tertiary/aromatic N) is 7. The monoisotopic (exact) mass is 580 g/mol. The first-order valence-corrected chi connectivity index (χ1v) is 13.1. The van der Waals surface area contributed by atoms with Gasteiger partial charge in [-0.3, -0.25) is 5.04 Å². The van der Waals surface area contributed by atoms with Crippen LogP contribution in [-0.4, -0.2) is 81.2 Å². The van der Waals surface area contributed by atoms with Crippen molar-refractivity contribution in [1.29, 1.82) is 0 Å². The number of hydrogen-bond donors (Lipinski definition) is 5. The Morgan fingerprint density at radius 1 is 0.875 bits per heavy atom. The van der Waals surface area contributed by atoms with Gasteiger partial charge >= 0.3 is 37.7 Å². The van der Waals surface area contributed by atoms with Crippen LogP contribution in [0.25, 0.3) is 0 Å². The number of hydrogen-bond acceptors (Lipinski definition) is 19. The summed E-state index contributed by atoms with van der Waals surface area (Å²) < 4.78 is 36.6. The summed E-state index contributed by atoms with van der Waals surface area (Å²) in [5.41, 5.74) is 1.29. The van der Waals surface area contributed by atoms with Crippen LogP contribution in [0.1, 0.15) is 0 Å². The van der Waals surface area contributed by atoms with E-state index in [0.717, 1.165) is 12.0 Å². The maximum absolute atomic E-state index is 10.8. The average Bonchev–Trinajstić information content (AvgIpc) is 2.88. The fraction of sp³-hybridized carbons (Fsp3) is 0.278. The normalized spacial score (nSPS) is 10.8. The van der Waals surface area contributed by atoms with E-state index in [1.165, 1.54) is 6.21 Å². The van der Waals surface area contributed by atoms with Crippen molar-refractivity contribution in [2.45, 2.75) is 0 Å². The molecule has 0 aliphatic rings. The van der Waals surface area contributed by atoms with Crippen molar-refractivity contribution >= 4 is 75.4 Å². The molecule has 22 heteroatoms. The number of aliphatic imine (C=N–C) groups is 1. The zero-order valence-electron chi connectivity index (χ0n) is 21.9. The van der Waals surface area contributed by atoms with E-state index in [9.17, 15) is 18.2 Å². The van der Waals surface area contributed by atoms with Crippen LogP contribution in [0.5, 0.6) is 0 Å². The molecule has 0 saturated carbocycles. The Kier molecular flexibility index (Phi) is 15.7. The Morgan fingerprint density at radius 3 is 1.93 bits per heavy atom. The third-order valence-electron chi connectivity index (χ3n) is 4.16. The largest absolute Gasteiger partial charge is 1.00 e. The van der Waals surface area contributed by atoms with Gasteiger partial charge in [0.1, 0.15) is 0 Å². The van der Waals surface area contributed by atoms with Crippen molar-refractivity contribution in [2.24, 2.45) is 4.99 Å². The molecule has 3 rings (SSSR count). The van der Waals surface area contributed by atoms with Crippen LogP contribution < -0.4 is 69.6 Å². The van der Waals surface area contributed by atoms with Gasteiger partial charge in [-0.25, -0.2) is 13.4 Å². The second-order valence-corrected chi connectivity index (χ2v) is 9.07. The van der Waals surface area contributed by atoms with Gasteiger partial charge in [0.2, 0.25) is 29.7 Å². The van der Waals surface area contributed by atoms with Crippen LogP contribution >= 0.6 is 12.0 Å². The maximum Gasteiger partial charge on any atom is 1.00 e. The molecule has 40 heavy (non-hydrogen) atoms. The SMILES string of the molecule is CNc1nc(/N=C\CSOO[O-])nc(Nc2ccc(Nc3nc(NC)nc(NCCS(=O)(=O)[O-])n3)cc2)n1.[Li+].[Li+]. The molecule has 0 amide bonds. The van der Waals surface area contributed by atoms with Crippen molar-refractivity contribution in [3.05, 3.63) is 24.3 Å². The predicted molar refractivity (Wildman–Crippen MR) is 138 cm³/mol. The van der Waals surface area contributed by atoms with Crippen LogP contribution in [0.4, 0.5) is 47.1 Å². The molecule has 0 atom stereocenters. The van der Waals surface area contributed by atoms with E-state index < -0.39 is 15.9 Å². The van der Waals surface area contributed by atoms with Gasteiger partial charge in [-0.1, -0.05) is 0 Å². The number of nitrogens with one attached hydrogen (secondary N) is 5. The smallest absolute Gasteiger partial charge is 0.748 e. The van der Waals surface area contributed by atoms with E-state index in [1.807, 2.05) is 0 Å². The van der Waals surface area contributed by atoms with E-state index in [4.69, 9.17) is 0 Å². The summed E-state index contributed by atoms with van der Waals surface area (Å²) in [6.45, 7) is -0.151. The van der Waals surface area contributed by atoms with Crippen molar-refractivity contribution in [2.75, 3.05) is 58.7 Å². The van der Waals surface area contributed by atoms with Gasteiger partial charge in [-0.2, -0.15) is 34.2 Å². The fourth-order valence-corrected chi connectivity index (χ4v) is 3.17. The number of anilines is 7. The van der Waals surface area contributed by atoms with Crippen molar-refractivity contribution in [3.63, 3.8) is 0 Å². The average molecular weight is 580 g/mol.